The Morgan fingerprint density at radius 2 is 1.88 bits per heavy atom. The monoisotopic (exact) mass is 259 g/mol. The SMILES string of the molecule is OCC1(CNCc2c(Cl)cccc2Cl)CC1. The first kappa shape index (κ1) is 12.2. The minimum Gasteiger partial charge on any atom is -0.396 e. The summed E-state index contributed by atoms with van der Waals surface area (Å²) in [6.07, 6.45) is 2.21. The average molecular weight is 260 g/mol. The van der Waals surface area contributed by atoms with Gasteiger partial charge < -0.3 is 10.4 Å². The van der Waals surface area contributed by atoms with E-state index in [1.165, 1.54) is 0 Å². The number of hydrogen-bond acceptors (Lipinski definition) is 2. The molecule has 0 aromatic heterocycles. The highest BCUT2D eigenvalue weighted by molar-refractivity contribution is 6.35. The molecule has 4 heteroatoms. The molecule has 0 spiro atoms. The molecule has 1 aromatic carbocycles. The molecule has 1 aliphatic carbocycles. The fourth-order valence-corrected chi connectivity index (χ4v) is 2.25. The smallest absolute Gasteiger partial charge is 0.0499 e. The van der Waals surface area contributed by atoms with Crippen LogP contribution in [0.5, 0.6) is 0 Å². The molecule has 0 unspecified atom stereocenters. The molecule has 16 heavy (non-hydrogen) atoms. The maximum absolute atomic E-state index is 9.17. The van der Waals surface area contributed by atoms with E-state index < -0.39 is 0 Å². The zero-order valence-electron chi connectivity index (χ0n) is 8.97. The van der Waals surface area contributed by atoms with Gasteiger partial charge in [-0.3, -0.25) is 0 Å². The Labute approximate surface area is 106 Å². The van der Waals surface area contributed by atoms with Crippen molar-refractivity contribution in [3.63, 3.8) is 0 Å². The molecule has 0 saturated heterocycles. The van der Waals surface area contributed by atoms with Gasteiger partial charge in [-0.15, -0.1) is 0 Å². The van der Waals surface area contributed by atoms with Crippen LogP contribution in [0, 0.1) is 5.41 Å². The van der Waals surface area contributed by atoms with E-state index >= 15 is 0 Å². The Hall–Kier alpha value is -0.280. The molecular weight excluding hydrogens is 245 g/mol. The summed E-state index contributed by atoms with van der Waals surface area (Å²) in [5, 5.41) is 13.9. The second kappa shape index (κ2) is 4.92. The lowest BCUT2D eigenvalue weighted by atomic mass is 10.1. The Kier molecular flexibility index (Phi) is 3.75. The molecule has 1 fully saturated rings. The number of aliphatic hydroxyl groups excluding tert-OH is 1. The van der Waals surface area contributed by atoms with Crippen molar-refractivity contribution in [1.82, 2.24) is 5.32 Å². The molecule has 2 rings (SSSR count). The van der Waals surface area contributed by atoms with Crippen molar-refractivity contribution in [1.29, 1.82) is 0 Å². The molecule has 0 bridgehead atoms. The summed E-state index contributed by atoms with van der Waals surface area (Å²) in [6.45, 7) is 1.74. The van der Waals surface area contributed by atoms with Crippen LogP contribution in [0.15, 0.2) is 18.2 Å². The zero-order valence-corrected chi connectivity index (χ0v) is 10.5. The lowest BCUT2D eigenvalue weighted by Gasteiger charge is -2.14. The van der Waals surface area contributed by atoms with Gasteiger partial charge >= 0.3 is 0 Å². The molecule has 0 heterocycles. The van der Waals surface area contributed by atoms with Crippen molar-refractivity contribution >= 4 is 23.2 Å². The van der Waals surface area contributed by atoms with E-state index in [2.05, 4.69) is 5.32 Å². The number of nitrogens with one attached hydrogen (secondary N) is 1. The van der Waals surface area contributed by atoms with Gasteiger partial charge in [0.1, 0.15) is 0 Å². The Morgan fingerprint density at radius 3 is 2.38 bits per heavy atom. The van der Waals surface area contributed by atoms with Crippen LogP contribution in [-0.2, 0) is 6.54 Å². The Bertz CT molecular complexity index is 357. The van der Waals surface area contributed by atoms with E-state index in [1.54, 1.807) is 0 Å². The first-order valence-electron chi connectivity index (χ1n) is 5.41. The van der Waals surface area contributed by atoms with Gasteiger partial charge in [0.2, 0.25) is 0 Å². The second-order valence-electron chi connectivity index (χ2n) is 4.46. The van der Waals surface area contributed by atoms with Crippen molar-refractivity contribution in [2.45, 2.75) is 19.4 Å². The Morgan fingerprint density at radius 1 is 1.25 bits per heavy atom. The largest absolute Gasteiger partial charge is 0.396 e. The lowest BCUT2D eigenvalue weighted by molar-refractivity contribution is 0.207. The molecule has 1 aromatic rings. The number of halogens is 2. The lowest BCUT2D eigenvalue weighted by Crippen LogP contribution is -2.26. The third-order valence-electron chi connectivity index (χ3n) is 3.16. The van der Waals surface area contributed by atoms with E-state index in [-0.39, 0.29) is 12.0 Å². The highest BCUT2D eigenvalue weighted by Crippen LogP contribution is 2.44. The molecule has 0 radical (unpaired) electrons. The summed E-state index contributed by atoms with van der Waals surface area (Å²) in [5.41, 5.74) is 1.05. The first-order valence-corrected chi connectivity index (χ1v) is 6.17. The number of benzene rings is 1. The van der Waals surface area contributed by atoms with Gasteiger partial charge in [0, 0.05) is 40.7 Å². The number of rotatable bonds is 5. The van der Waals surface area contributed by atoms with Crippen LogP contribution < -0.4 is 5.32 Å². The summed E-state index contributed by atoms with van der Waals surface area (Å²) < 4.78 is 0. The van der Waals surface area contributed by atoms with Crippen LogP contribution in [-0.4, -0.2) is 18.3 Å². The first-order chi connectivity index (χ1) is 7.67. The van der Waals surface area contributed by atoms with Gasteiger partial charge in [-0.25, -0.2) is 0 Å². The summed E-state index contributed by atoms with van der Waals surface area (Å²) in [7, 11) is 0. The van der Waals surface area contributed by atoms with Crippen LogP contribution in [0.4, 0.5) is 0 Å². The van der Waals surface area contributed by atoms with Gasteiger partial charge in [0.25, 0.3) is 0 Å². The third-order valence-corrected chi connectivity index (χ3v) is 3.86. The zero-order chi connectivity index (χ0) is 11.6. The van der Waals surface area contributed by atoms with Crippen LogP contribution in [0.2, 0.25) is 10.0 Å². The molecule has 2 nitrogen and oxygen atoms in total. The van der Waals surface area contributed by atoms with E-state index in [0.29, 0.717) is 16.6 Å². The van der Waals surface area contributed by atoms with Crippen LogP contribution in [0.3, 0.4) is 0 Å². The van der Waals surface area contributed by atoms with Gasteiger partial charge in [0.05, 0.1) is 0 Å². The Balaban J connectivity index is 1.90. The average Bonchev–Trinajstić information content (AvgIpc) is 3.03. The van der Waals surface area contributed by atoms with Crippen molar-refractivity contribution in [3.8, 4) is 0 Å². The predicted molar refractivity (Wildman–Crippen MR) is 66.9 cm³/mol. The van der Waals surface area contributed by atoms with Crippen molar-refractivity contribution in [2.75, 3.05) is 13.2 Å². The fourth-order valence-electron chi connectivity index (χ4n) is 1.72. The minimum absolute atomic E-state index is 0.119. The van der Waals surface area contributed by atoms with Gasteiger partial charge in [-0.1, -0.05) is 29.3 Å². The maximum Gasteiger partial charge on any atom is 0.0499 e. The highest BCUT2D eigenvalue weighted by atomic mass is 35.5. The van der Waals surface area contributed by atoms with E-state index in [0.717, 1.165) is 24.9 Å². The van der Waals surface area contributed by atoms with Gasteiger partial charge in [-0.2, -0.15) is 0 Å². The summed E-state index contributed by atoms with van der Waals surface area (Å²) in [5.74, 6) is 0. The number of hydrogen-bond donors (Lipinski definition) is 2. The molecule has 88 valence electrons. The molecule has 0 aliphatic heterocycles. The van der Waals surface area contributed by atoms with E-state index in [1.807, 2.05) is 18.2 Å². The molecule has 2 N–H and O–H groups in total. The minimum atomic E-state index is 0.119. The molecule has 0 atom stereocenters. The second-order valence-corrected chi connectivity index (χ2v) is 5.28. The summed E-state index contributed by atoms with van der Waals surface area (Å²) >= 11 is 12.1. The quantitative estimate of drug-likeness (QED) is 0.853. The van der Waals surface area contributed by atoms with Crippen LogP contribution in [0.1, 0.15) is 18.4 Å². The van der Waals surface area contributed by atoms with Gasteiger partial charge in [0.15, 0.2) is 0 Å². The topological polar surface area (TPSA) is 32.3 Å². The fraction of sp³-hybridized carbons (Fsp3) is 0.500. The predicted octanol–water partition coefficient (Wildman–Crippen LogP) is 2.86. The molecule has 1 saturated carbocycles. The van der Waals surface area contributed by atoms with Crippen molar-refractivity contribution in [3.05, 3.63) is 33.8 Å². The third kappa shape index (κ3) is 2.69. The summed E-state index contributed by atoms with van der Waals surface area (Å²) in [4.78, 5) is 0. The van der Waals surface area contributed by atoms with Crippen LogP contribution in [0.25, 0.3) is 0 Å². The molecule has 1 aliphatic rings. The molecular formula is C12H15Cl2NO. The summed E-state index contributed by atoms with van der Waals surface area (Å²) in [6, 6.07) is 5.51. The standard InChI is InChI=1S/C12H15Cl2NO/c13-10-2-1-3-11(14)9(10)6-15-7-12(8-16)4-5-12/h1-3,15-16H,4-8H2. The number of aliphatic hydroxyl groups is 1. The van der Waals surface area contributed by atoms with Crippen LogP contribution >= 0.6 is 23.2 Å². The maximum atomic E-state index is 9.17. The normalized spacial score (nSPS) is 17.4. The van der Waals surface area contributed by atoms with Crippen molar-refractivity contribution < 1.29 is 5.11 Å². The highest BCUT2D eigenvalue weighted by Gasteiger charge is 2.41. The van der Waals surface area contributed by atoms with Crippen molar-refractivity contribution in [2.24, 2.45) is 5.41 Å². The van der Waals surface area contributed by atoms with Gasteiger partial charge in [-0.05, 0) is 25.0 Å². The van der Waals surface area contributed by atoms with E-state index in [9.17, 15) is 5.11 Å². The molecule has 0 amide bonds. The van der Waals surface area contributed by atoms with E-state index in [4.69, 9.17) is 23.2 Å².